The van der Waals surface area contributed by atoms with Gasteiger partial charge in [-0.2, -0.15) is 0 Å². The number of carboxylic acids is 1. The number of carbonyl (C=O) groups excluding carboxylic acids is 1. The highest BCUT2D eigenvalue weighted by atomic mass is 127. The molecule has 0 heterocycles. The third-order valence-electron chi connectivity index (χ3n) is 2.91. The second kappa shape index (κ2) is 6.30. The topological polar surface area (TPSA) is 66.4 Å². The van der Waals surface area contributed by atoms with Crippen LogP contribution in [0.15, 0.2) is 0 Å². The van der Waals surface area contributed by atoms with Gasteiger partial charge in [0.15, 0.2) is 0 Å². The monoisotopic (exact) mass is 325 g/mol. The van der Waals surface area contributed by atoms with E-state index in [1.54, 1.807) is 0 Å². The Labute approximate surface area is 103 Å². The van der Waals surface area contributed by atoms with Crippen LogP contribution in [0.1, 0.15) is 25.7 Å². The molecule has 0 atom stereocenters. The van der Waals surface area contributed by atoms with Gasteiger partial charge in [-0.15, -0.1) is 0 Å². The molecule has 1 saturated carbocycles. The molecule has 0 radical (unpaired) electrons. The number of amides is 1. The standard InChI is InChI=1S/C10H16INO3/c11-5-9(13)12-6-7-1-3-8(4-2-7)10(14)15/h7-8H,1-6H2,(H,12,13)(H,14,15). The Balaban J connectivity index is 2.20. The van der Waals surface area contributed by atoms with E-state index in [-0.39, 0.29) is 11.8 Å². The summed E-state index contributed by atoms with van der Waals surface area (Å²) >= 11 is 2.03. The predicted molar refractivity (Wildman–Crippen MR) is 65.0 cm³/mol. The lowest BCUT2D eigenvalue weighted by Crippen LogP contribution is -2.32. The van der Waals surface area contributed by atoms with E-state index in [0.717, 1.165) is 25.7 Å². The average molecular weight is 325 g/mol. The number of nitrogens with one attached hydrogen (secondary N) is 1. The molecular formula is C10H16INO3. The first kappa shape index (κ1) is 12.7. The Kier molecular flexibility index (Phi) is 5.35. The van der Waals surface area contributed by atoms with Crippen molar-refractivity contribution in [2.75, 3.05) is 11.0 Å². The maximum absolute atomic E-state index is 11.0. The maximum atomic E-state index is 11.0. The summed E-state index contributed by atoms with van der Waals surface area (Å²) in [4.78, 5) is 21.7. The van der Waals surface area contributed by atoms with Crippen molar-refractivity contribution in [1.82, 2.24) is 5.32 Å². The SMILES string of the molecule is O=C(CI)NCC1CCC(C(=O)O)CC1. The molecule has 86 valence electrons. The molecule has 0 aromatic rings. The molecule has 0 unspecified atom stereocenters. The van der Waals surface area contributed by atoms with E-state index in [2.05, 4.69) is 5.32 Å². The molecule has 5 heteroatoms. The highest BCUT2D eigenvalue weighted by Gasteiger charge is 2.25. The Morgan fingerprint density at radius 1 is 1.27 bits per heavy atom. The van der Waals surface area contributed by atoms with E-state index in [1.165, 1.54) is 0 Å². The van der Waals surface area contributed by atoms with E-state index >= 15 is 0 Å². The van der Waals surface area contributed by atoms with E-state index in [1.807, 2.05) is 22.6 Å². The van der Waals surface area contributed by atoms with Crippen LogP contribution in [0.5, 0.6) is 0 Å². The van der Waals surface area contributed by atoms with Crippen molar-refractivity contribution in [3.63, 3.8) is 0 Å². The summed E-state index contributed by atoms with van der Waals surface area (Å²) in [5.41, 5.74) is 0. The predicted octanol–water partition coefficient (Wildman–Crippen LogP) is 1.43. The first-order valence-corrected chi connectivity index (χ1v) is 6.71. The van der Waals surface area contributed by atoms with Crippen LogP contribution in [0.4, 0.5) is 0 Å². The quantitative estimate of drug-likeness (QED) is 0.607. The lowest BCUT2D eigenvalue weighted by molar-refractivity contribution is -0.143. The van der Waals surface area contributed by atoms with Gasteiger partial charge in [0.1, 0.15) is 0 Å². The van der Waals surface area contributed by atoms with Gasteiger partial charge in [0.05, 0.1) is 10.3 Å². The fourth-order valence-corrected chi connectivity index (χ4v) is 2.19. The molecule has 0 bridgehead atoms. The third kappa shape index (κ3) is 4.36. The van der Waals surface area contributed by atoms with Crippen LogP contribution in [0.25, 0.3) is 0 Å². The third-order valence-corrected chi connectivity index (χ3v) is 3.60. The number of halogens is 1. The summed E-state index contributed by atoms with van der Waals surface area (Å²) in [5.74, 6) is -0.310. The smallest absolute Gasteiger partial charge is 0.306 e. The number of carboxylic acid groups (broad SMARTS) is 1. The Hall–Kier alpha value is -0.330. The second-order valence-electron chi connectivity index (χ2n) is 3.99. The molecule has 1 aliphatic rings. The number of rotatable bonds is 4. The van der Waals surface area contributed by atoms with Crippen LogP contribution in [0.3, 0.4) is 0 Å². The van der Waals surface area contributed by atoms with Gasteiger partial charge in [-0.05, 0) is 31.6 Å². The fraction of sp³-hybridized carbons (Fsp3) is 0.800. The van der Waals surface area contributed by atoms with Crippen molar-refractivity contribution >= 4 is 34.5 Å². The van der Waals surface area contributed by atoms with Crippen LogP contribution in [-0.4, -0.2) is 28.0 Å². The van der Waals surface area contributed by atoms with Crippen molar-refractivity contribution in [2.45, 2.75) is 25.7 Å². The van der Waals surface area contributed by atoms with Gasteiger partial charge in [0.25, 0.3) is 0 Å². The van der Waals surface area contributed by atoms with Crippen LogP contribution < -0.4 is 5.32 Å². The van der Waals surface area contributed by atoms with Gasteiger partial charge < -0.3 is 10.4 Å². The van der Waals surface area contributed by atoms with Crippen molar-refractivity contribution in [3.8, 4) is 0 Å². The maximum Gasteiger partial charge on any atom is 0.306 e. The summed E-state index contributed by atoms with van der Waals surface area (Å²) in [6.07, 6.45) is 3.33. The zero-order chi connectivity index (χ0) is 11.3. The first-order chi connectivity index (χ1) is 7.13. The van der Waals surface area contributed by atoms with E-state index in [4.69, 9.17) is 5.11 Å². The molecule has 0 spiro atoms. The molecule has 0 aromatic heterocycles. The highest BCUT2D eigenvalue weighted by Crippen LogP contribution is 2.28. The fourth-order valence-electron chi connectivity index (χ4n) is 1.92. The van der Waals surface area contributed by atoms with E-state index in [0.29, 0.717) is 16.9 Å². The molecule has 0 aromatic carbocycles. The minimum absolute atomic E-state index is 0.0657. The first-order valence-electron chi connectivity index (χ1n) is 5.19. The van der Waals surface area contributed by atoms with Gasteiger partial charge in [0, 0.05) is 6.54 Å². The van der Waals surface area contributed by atoms with Gasteiger partial charge in [-0.3, -0.25) is 9.59 Å². The number of alkyl halides is 1. The number of carbonyl (C=O) groups is 2. The lowest BCUT2D eigenvalue weighted by atomic mass is 9.82. The second-order valence-corrected chi connectivity index (χ2v) is 4.76. The Morgan fingerprint density at radius 3 is 2.33 bits per heavy atom. The summed E-state index contributed by atoms with van der Waals surface area (Å²) in [7, 11) is 0. The van der Waals surface area contributed by atoms with Gasteiger partial charge in [-0.25, -0.2) is 0 Å². The van der Waals surface area contributed by atoms with Crippen LogP contribution in [0.2, 0.25) is 0 Å². The molecule has 2 N–H and O–H groups in total. The molecule has 1 amide bonds. The average Bonchev–Trinajstić information content (AvgIpc) is 2.26. The Bertz CT molecular complexity index is 237. The minimum atomic E-state index is -0.676. The highest BCUT2D eigenvalue weighted by molar-refractivity contribution is 14.1. The number of aliphatic carboxylic acids is 1. The van der Waals surface area contributed by atoms with E-state index in [9.17, 15) is 9.59 Å². The molecule has 4 nitrogen and oxygen atoms in total. The molecule has 1 fully saturated rings. The summed E-state index contributed by atoms with van der Waals surface area (Å²) < 4.78 is 0.488. The molecular weight excluding hydrogens is 309 g/mol. The largest absolute Gasteiger partial charge is 0.481 e. The van der Waals surface area contributed by atoms with Crippen LogP contribution in [-0.2, 0) is 9.59 Å². The van der Waals surface area contributed by atoms with Crippen LogP contribution >= 0.6 is 22.6 Å². The van der Waals surface area contributed by atoms with Crippen molar-refractivity contribution < 1.29 is 14.7 Å². The molecule has 0 saturated heterocycles. The molecule has 1 rings (SSSR count). The summed E-state index contributed by atoms with van der Waals surface area (Å²) in [6.45, 7) is 0.703. The minimum Gasteiger partial charge on any atom is -0.481 e. The van der Waals surface area contributed by atoms with Crippen LogP contribution in [0, 0.1) is 11.8 Å². The normalized spacial score (nSPS) is 25.9. The lowest BCUT2D eigenvalue weighted by Gasteiger charge is -2.25. The molecule has 0 aliphatic heterocycles. The van der Waals surface area contributed by atoms with Crippen molar-refractivity contribution in [2.24, 2.45) is 11.8 Å². The molecule has 15 heavy (non-hydrogen) atoms. The van der Waals surface area contributed by atoms with Crippen molar-refractivity contribution in [1.29, 1.82) is 0 Å². The van der Waals surface area contributed by atoms with E-state index < -0.39 is 5.97 Å². The van der Waals surface area contributed by atoms with Gasteiger partial charge >= 0.3 is 5.97 Å². The zero-order valence-corrected chi connectivity index (χ0v) is 10.7. The van der Waals surface area contributed by atoms with Gasteiger partial charge in [-0.1, -0.05) is 22.6 Å². The zero-order valence-electron chi connectivity index (χ0n) is 8.54. The number of hydrogen-bond donors (Lipinski definition) is 2. The summed E-state index contributed by atoms with van der Waals surface area (Å²) in [5, 5.41) is 11.7. The van der Waals surface area contributed by atoms with Crippen molar-refractivity contribution in [3.05, 3.63) is 0 Å². The summed E-state index contributed by atoms with van der Waals surface area (Å²) in [6, 6.07) is 0. The van der Waals surface area contributed by atoms with Gasteiger partial charge in [0.2, 0.25) is 5.91 Å². The Morgan fingerprint density at radius 2 is 1.87 bits per heavy atom. The number of hydrogen-bond acceptors (Lipinski definition) is 2. The molecule has 1 aliphatic carbocycles.